The molecular formula is C15H18N2O4. The van der Waals surface area contributed by atoms with Crippen molar-refractivity contribution in [3.63, 3.8) is 0 Å². The molecule has 21 heavy (non-hydrogen) atoms. The lowest BCUT2D eigenvalue weighted by atomic mass is 10.1. The van der Waals surface area contributed by atoms with E-state index in [1.165, 1.54) is 4.90 Å². The summed E-state index contributed by atoms with van der Waals surface area (Å²) in [6, 6.07) is 6.16. The molecule has 3 rings (SSSR count). The second-order valence-electron chi connectivity index (χ2n) is 5.45. The Hall–Kier alpha value is -1.92. The number of aliphatic carboxylic acids is 1. The predicted octanol–water partition coefficient (Wildman–Crippen LogP) is 0.406. The van der Waals surface area contributed by atoms with Gasteiger partial charge in [-0.15, -0.1) is 0 Å². The molecule has 2 N–H and O–H groups in total. The minimum Gasteiger partial charge on any atom is -0.480 e. The van der Waals surface area contributed by atoms with Crippen LogP contribution in [0.1, 0.15) is 12.0 Å². The van der Waals surface area contributed by atoms with Gasteiger partial charge in [0, 0.05) is 25.8 Å². The van der Waals surface area contributed by atoms with Crippen molar-refractivity contribution in [1.82, 2.24) is 5.32 Å². The number of hydrogen-bond donors (Lipinski definition) is 2. The maximum atomic E-state index is 12.7. The third-order valence-electron chi connectivity index (χ3n) is 4.22. The molecular weight excluding hydrogens is 272 g/mol. The highest BCUT2D eigenvalue weighted by molar-refractivity contribution is 6.04. The standard InChI is InChI=1S/C15H18N2O4/c1-21-10-7-11(16-8-10)14(18)17-12-5-3-2-4-9(12)6-13(17)15(19)20/h2-5,10-11,13,16H,6-8H2,1H3,(H,19,20). The molecule has 2 heterocycles. The number of fused-ring (bicyclic) bond motifs is 1. The van der Waals surface area contributed by atoms with Crippen LogP contribution in [0, 0.1) is 0 Å². The Morgan fingerprint density at radius 1 is 1.38 bits per heavy atom. The number of para-hydroxylation sites is 1. The number of nitrogens with zero attached hydrogens (tertiary/aromatic N) is 1. The van der Waals surface area contributed by atoms with Crippen LogP contribution in [0.2, 0.25) is 0 Å². The van der Waals surface area contributed by atoms with Gasteiger partial charge in [0.2, 0.25) is 5.91 Å². The SMILES string of the molecule is COC1CNC(C(=O)N2c3ccccc3CC2C(=O)O)C1. The fraction of sp³-hybridized carbons (Fsp3) is 0.467. The molecule has 0 aromatic heterocycles. The molecule has 1 saturated heterocycles. The van der Waals surface area contributed by atoms with Crippen LogP contribution < -0.4 is 10.2 Å². The fourth-order valence-electron chi connectivity index (χ4n) is 3.09. The molecule has 6 nitrogen and oxygen atoms in total. The monoisotopic (exact) mass is 290 g/mol. The van der Waals surface area contributed by atoms with Gasteiger partial charge < -0.3 is 15.2 Å². The van der Waals surface area contributed by atoms with Crippen LogP contribution in [0.4, 0.5) is 5.69 Å². The van der Waals surface area contributed by atoms with Gasteiger partial charge in [0.15, 0.2) is 0 Å². The van der Waals surface area contributed by atoms with Gasteiger partial charge in [0.25, 0.3) is 0 Å². The Morgan fingerprint density at radius 2 is 2.14 bits per heavy atom. The molecule has 6 heteroatoms. The van der Waals surface area contributed by atoms with E-state index in [-0.39, 0.29) is 18.1 Å². The summed E-state index contributed by atoms with van der Waals surface area (Å²) < 4.78 is 5.25. The average molecular weight is 290 g/mol. The number of benzene rings is 1. The molecule has 0 spiro atoms. The highest BCUT2D eigenvalue weighted by Gasteiger charge is 2.42. The molecule has 3 unspecified atom stereocenters. The first-order valence-electron chi connectivity index (χ1n) is 7.01. The Bertz CT molecular complexity index is 575. The van der Waals surface area contributed by atoms with Crippen molar-refractivity contribution in [2.75, 3.05) is 18.6 Å². The molecule has 0 bridgehead atoms. The third kappa shape index (κ3) is 2.41. The van der Waals surface area contributed by atoms with E-state index < -0.39 is 12.0 Å². The Balaban J connectivity index is 1.87. The zero-order chi connectivity index (χ0) is 15.0. The van der Waals surface area contributed by atoms with E-state index in [0.29, 0.717) is 25.1 Å². The number of rotatable bonds is 3. The minimum atomic E-state index is -0.971. The van der Waals surface area contributed by atoms with Gasteiger partial charge in [-0.25, -0.2) is 4.79 Å². The van der Waals surface area contributed by atoms with Crippen molar-refractivity contribution in [3.05, 3.63) is 29.8 Å². The van der Waals surface area contributed by atoms with Gasteiger partial charge in [-0.05, 0) is 18.1 Å². The summed E-state index contributed by atoms with van der Waals surface area (Å²) in [5.41, 5.74) is 1.61. The number of anilines is 1. The molecule has 1 amide bonds. The van der Waals surface area contributed by atoms with E-state index in [4.69, 9.17) is 4.74 Å². The second kappa shape index (κ2) is 5.46. The van der Waals surface area contributed by atoms with Gasteiger partial charge in [-0.1, -0.05) is 18.2 Å². The molecule has 0 saturated carbocycles. The predicted molar refractivity (Wildman–Crippen MR) is 76.3 cm³/mol. The summed E-state index contributed by atoms with van der Waals surface area (Å²) in [6.07, 6.45) is 0.929. The van der Waals surface area contributed by atoms with E-state index in [9.17, 15) is 14.7 Å². The Kier molecular flexibility index (Phi) is 3.65. The van der Waals surface area contributed by atoms with Crippen molar-refractivity contribution in [1.29, 1.82) is 0 Å². The Morgan fingerprint density at radius 3 is 2.81 bits per heavy atom. The van der Waals surface area contributed by atoms with E-state index in [1.807, 2.05) is 18.2 Å². The zero-order valence-corrected chi connectivity index (χ0v) is 11.8. The molecule has 2 aliphatic heterocycles. The smallest absolute Gasteiger partial charge is 0.327 e. The Labute approximate surface area is 122 Å². The number of ether oxygens (including phenoxy) is 1. The molecule has 1 aromatic carbocycles. The van der Waals surface area contributed by atoms with Gasteiger partial charge in [-0.2, -0.15) is 0 Å². The number of carboxylic acid groups (broad SMARTS) is 1. The zero-order valence-electron chi connectivity index (χ0n) is 11.8. The minimum absolute atomic E-state index is 0.0000693. The molecule has 0 radical (unpaired) electrons. The summed E-state index contributed by atoms with van der Waals surface area (Å²) in [5.74, 6) is -1.16. The lowest BCUT2D eigenvalue weighted by molar-refractivity contribution is -0.140. The summed E-state index contributed by atoms with van der Waals surface area (Å²) in [4.78, 5) is 25.6. The largest absolute Gasteiger partial charge is 0.480 e. The summed E-state index contributed by atoms with van der Waals surface area (Å²) >= 11 is 0. The molecule has 0 aliphatic carbocycles. The number of carbonyl (C=O) groups excluding carboxylic acids is 1. The van der Waals surface area contributed by atoms with E-state index in [1.54, 1.807) is 13.2 Å². The first-order valence-corrected chi connectivity index (χ1v) is 7.01. The molecule has 1 aromatic rings. The summed E-state index contributed by atoms with van der Waals surface area (Å²) in [6.45, 7) is 0.611. The number of hydrogen-bond acceptors (Lipinski definition) is 4. The molecule has 1 fully saturated rings. The molecule has 2 aliphatic rings. The fourth-order valence-corrected chi connectivity index (χ4v) is 3.09. The van der Waals surface area contributed by atoms with Crippen molar-refractivity contribution < 1.29 is 19.4 Å². The van der Waals surface area contributed by atoms with Crippen molar-refractivity contribution in [2.24, 2.45) is 0 Å². The van der Waals surface area contributed by atoms with Crippen molar-refractivity contribution in [3.8, 4) is 0 Å². The van der Waals surface area contributed by atoms with Crippen molar-refractivity contribution >= 4 is 17.6 Å². The van der Waals surface area contributed by atoms with Crippen LogP contribution >= 0.6 is 0 Å². The van der Waals surface area contributed by atoms with Crippen LogP contribution in [0.15, 0.2) is 24.3 Å². The first kappa shape index (κ1) is 14.0. The van der Waals surface area contributed by atoms with Gasteiger partial charge in [0.1, 0.15) is 6.04 Å². The van der Waals surface area contributed by atoms with Crippen LogP contribution in [-0.4, -0.2) is 48.8 Å². The van der Waals surface area contributed by atoms with Gasteiger partial charge in [-0.3, -0.25) is 9.69 Å². The van der Waals surface area contributed by atoms with Crippen molar-refractivity contribution in [2.45, 2.75) is 31.0 Å². The van der Waals surface area contributed by atoms with Crippen LogP contribution in [0.3, 0.4) is 0 Å². The van der Waals surface area contributed by atoms with Crippen LogP contribution in [0.25, 0.3) is 0 Å². The second-order valence-corrected chi connectivity index (χ2v) is 5.45. The van der Waals surface area contributed by atoms with Gasteiger partial charge >= 0.3 is 5.97 Å². The molecule has 3 atom stereocenters. The third-order valence-corrected chi connectivity index (χ3v) is 4.22. The first-order chi connectivity index (χ1) is 10.1. The average Bonchev–Trinajstić information content (AvgIpc) is 3.11. The topological polar surface area (TPSA) is 78.9 Å². The maximum Gasteiger partial charge on any atom is 0.327 e. The van der Waals surface area contributed by atoms with Gasteiger partial charge in [0.05, 0.1) is 12.1 Å². The molecule has 112 valence electrons. The van der Waals surface area contributed by atoms with Crippen LogP contribution in [0.5, 0.6) is 0 Å². The number of methoxy groups -OCH3 is 1. The number of amides is 1. The highest BCUT2D eigenvalue weighted by Crippen LogP contribution is 2.33. The highest BCUT2D eigenvalue weighted by atomic mass is 16.5. The van der Waals surface area contributed by atoms with E-state index >= 15 is 0 Å². The quantitative estimate of drug-likeness (QED) is 0.843. The number of carbonyl (C=O) groups is 2. The lowest BCUT2D eigenvalue weighted by Crippen LogP contribution is -2.50. The number of nitrogens with one attached hydrogen (secondary N) is 1. The normalized spacial score (nSPS) is 27.7. The summed E-state index contributed by atoms with van der Waals surface area (Å²) in [7, 11) is 1.62. The van der Waals surface area contributed by atoms with Crippen LogP contribution in [-0.2, 0) is 20.7 Å². The summed E-state index contributed by atoms with van der Waals surface area (Å²) in [5, 5.41) is 12.5. The maximum absolute atomic E-state index is 12.7. The van der Waals surface area contributed by atoms with E-state index in [2.05, 4.69) is 5.32 Å². The van der Waals surface area contributed by atoms with E-state index in [0.717, 1.165) is 5.56 Å². The number of carboxylic acids is 1. The lowest BCUT2D eigenvalue weighted by Gasteiger charge is -2.25.